The number of alkyl halides is 3. The van der Waals surface area contributed by atoms with E-state index in [2.05, 4.69) is 12.2 Å². The van der Waals surface area contributed by atoms with Gasteiger partial charge in [-0.2, -0.15) is 13.2 Å². The van der Waals surface area contributed by atoms with E-state index >= 15 is 0 Å². The van der Waals surface area contributed by atoms with Crippen molar-refractivity contribution >= 4 is 12.0 Å². The molecule has 0 aromatic heterocycles. The van der Waals surface area contributed by atoms with Crippen molar-refractivity contribution in [3.05, 3.63) is 0 Å². The van der Waals surface area contributed by atoms with Gasteiger partial charge in [-0.25, -0.2) is 4.79 Å². The second-order valence-electron chi connectivity index (χ2n) is 7.49. The van der Waals surface area contributed by atoms with E-state index in [1.54, 1.807) is 0 Å². The number of carbonyl (C=O) groups excluding carboxylic acids is 1. The Morgan fingerprint density at radius 2 is 1.72 bits per heavy atom. The first kappa shape index (κ1) is 19.8. The monoisotopic (exact) mass is 364 g/mol. The molecule has 144 valence electrons. The summed E-state index contributed by atoms with van der Waals surface area (Å²) in [5.41, 5.74) is 0. The van der Waals surface area contributed by atoms with E-state index < -0.39 is 43.1 Å². The fourth-order valence-electron chi connectivity index (χ4n) is 4.04. The van der Waals surface area contributed by atoms with Crippen LogP contribution < -0.4 is 5.32 Å². The highest BCUT2D eigenvalue weighted by Gasteiger charge is 2.53. The smallest absolute Gasteiger partial charge is 0.394 e. The Hall–Kier alpha value is -1.47. The molecule has 2 rings (SSSR count). The van der Waals surface area contributed by atoms with Gasteiger partial charge in [0.05, 0.1) is 11.8 Å². The Kier molecular flexibility index (Phi) is 6.21. The van der Waals surface area contributed by atoms with Crippen LogP contribution in [-0.2, 0) is 4.79 Å². The average Bonchev–Trinajstić information content (AvgIpc) is 3.01. The largest absolute Gasteiger partial charge is 0.481 e. The van der Waals surface area contributed by atoms with E-state index in [-0.39, 0.29) is 12.0 Å². The van der Waals surface area contributed by atoms with Crippen molar-refractivity contribution < 1.29 is 27.9 Å². The maximum atomic E-state index is 13.0. The number of hydrogen-bond donors (Lipinski definition) is 2. The highest BCUT2D eigenvalue weighted by atomic mass is 19.4. The summed E-state index contributed by atoms with van der Waals surface area (Å²) in [6.07, 6.45) is 1.18. The molecule has 25 heavy (non-hydrogen) atoms. The summed E-state index contributed by atoms with van der Waals surface area (Å²) in [6.45, 7) is 2.92. The van der Waals surface area contributed by atoms with Gasteiger partial charge in [0.1, 0.15) is 0 Å². The number of carboxylic acids is 1. The van der Waals surface area contributed by atoms with Crippen LogP contribution in [0.25, 0.3) is 0 Å². The zero-order valence-corrected chi connectivity index (χ0v) is 14.7. The maximum absolute atomic E-state index is 13.0. The van der Waals surface area contributed by atoms with Crippen molar-refractivity contribution in [1.29, 1.82) is 0 Å². The Labute approximate surface area is 145 Å². The summed E-state index contributed by atoms with van der Waals surface area (Å²) in [7, 11) is 0. The second-order valence-corrected chi connectivity index (χ2v) is 7.49. The van der Waals surface area contributed by atoms with Crippen molar-refractivity contribution in [3.8, 4) is 0 Å². The predicted molar refractivity (Wildman–Crippen MR) is 86.0 cm³/mol. The van der Waals surface area contributed by atoms with Crippen molar-refractivity contribution in [2.24, 2.45) is 23.7 Å². The number of likely N-dealkylation sites (tertiary alicyclic amines) is 1. The van der Waals surface area contributed by atoms with Crippen LogP contribution in [0.3, 0.4) is 0 Å². The molecule has 2 amide bonds. The van der Waals surface area contributed by atoms with E-state index in [1.807, 2.05) is 6.92 Å². The molecular weight excluding hydrogens is 337 g/mol. The molecule has 0 bridgehead atoms. The number of nitrogens with one attached hydrogen (secondary N) is 1. The van der Waals surface area contributed by atoms with Gasteiger partial charge in [-0.05, 0) is 18.8 Å². The maximum Gasteiger partial charge on any atom is 0.394 e. The highest BCUT2D eigenvalue weighted by molar-refractivity contribution is 5.78. The van der Waals surface area contributed by atoms with Gasteiger partial charge in [0.25, 0.3) is 0 Å². The third-order valence-corrected chi connectivity index (χ3v) is 5.88. The van der Waals surface area contributed by atoms with Crippen LogP contribution in [0.5, 0.6) is 0 Å². The topological polar surface area (TPSA) is 69.6 Å². The van der Waals surface area contributed by atoms with Crippen LogP contribution in [0.15, 0.2) is 0 Å². The lowest BCUT2D eigenvalue weighted by Gasteiger charge is -2.33. The Balaban J connectivity index is 1.94. The first-order valence-electron chi connectivity index (χ1n) is 8.96. The van der Waals surface area contributed by atoms with Gasteiger partial charge in [0.2, 0.25) is 0 Å². The lowest BCUT2D eigenvalue weighted by molar-refractivity contribution is -0.187. The quantitative estimate of drug-likeness (QED) is 0.802. The molecule has 0 spiro atoms. The minimum Gasteiger partial charge on any atom is -0.481 e. The summed E-state index contributed by atoms with van der Waals surface area (Å²) in [5.74, 6) is -4.38. The number of amides is 2. The summed E-state index contributed by atoms with van der Waals surface area (Å²) in [6, 6.07) is -0.767. The van der Waals surface area contributed by atoms with E-state index in [9.17, 15) is 22.8 Å². The van der Waals surface area contributed by atoms with Crippen LogP contribution in [0.2, 0.25) is 0 Å². The van der Waals surface area contributed by atoms with E-state index in [0.29, 0.717) is 5.92 Å². The Morgan fingerprint density at radius 1 is 1.12 bits per heavy atom. The van der Waals surface area contributed by atoms with Gasteiger partial charge in [-0.1, -0.05) is 39.0 Å². The number of hydrogen-bond acceptors (Lipinski definition) is 2. The number of carboxylic acid groups (broad SMARTS) is 1. The zero-order chi connectivity index (χ0) is 18.8. The number of aliphatic carboxylic acids is 1. The molecule has 2 aliphatic rings. The van der Waals surface area contributed by atoms with E-state index in [4.69, 9.17) is 5.11 Å². The van der Waals surface area contributed by atoms with Crippen molar-refractivity contribution in [3.63, 3.8) is 0 Å². The average molecular weight is 364 g/mol. The summed E-state index contributed by atoms with van der Waals surface area (Å²) in [4.78, 5) is 24.4. The minimum atomic E-state index is -4.63. The van der Waals surface area contributed by atoms with E-state index in [1.165, 1.54) is 19.3 Å². The number of urea groups is 1. The first-order valence-corrected chi connectivity index (χ1v) is 8.96. The Bertz CT molecular complexity index is 492. The highest BCUT2D eigenvalue weighted by Crippen LogP contribution is 2.38. The van der Waals surface area contributed by atoms with Crippen LogP contribution in [0.4, 0.5) is 18.0 Å². The number of halogens is 3. The standard InChI is InChI=1S/C17H27F3N2O3/c1-10(12-6-4-3-5-7-12)11(2)21-16(25)22-8-13(15(23)24)14(9-22)17(18,19)20/h10-14H,3-9H2,1-2H3,(H,21,25)(H,23,24)/t10?,11?,13-,14-/m1/s1. The third-order valence-electron chi connectivity index (χ3n) is 5.88. The minimum absolute atomic E-state index is 0.163. The van der Waals surface area contributed by atoms with Crippen LogP contribution in [-0.4, -0.2) is 47.3 Å². The fraction of sp³-hybridized carbons (Fsp3) is 0.882. The van der Waals surface area contributed by atoms with Crippen LogP contribution in [0.1, 0.15) is 46.0 Å². The van der Waals surface area contributed by atoms with Gasteiger partial charge in [-0.15, -0.1) is 0 Å². The number of carbonyl (C=O) groups is 2. The van der Waals surface area contributed by atoms with Gasteiger partial charge < -0.3 is 15.3 Å². The molecule has 2 unspecified atom stereocenters. The molecule has 0 radical (unpaired) electrons. The third kappa shape index (κ3) is 4.79. The second kappa shape index (κ2) is 7.83. The molecule has 1 aliphatic carbocycles. The van der Waals surface area contributed by atoms with Gasteiger partial charge >= 0.3 is 18.2 Å². The summed E-state index contributed by atoms with van der Waals surface area (Å²) in [5, 5.41) is 11.8. The van der Waals surface area contributed by atoms with Gasteiger partial charge in [0, 0.05) is 19.1 Å². The predicted octanol–water partition coefficient (Wildman–Crippen LogP) is 3.50. The molecule has 1 saturated heterocycles. The van der Waals surface area contributed by atoms with Crippen LogP contribution >= 0.6 is 0 Å². The molecule has 0 aromatic rings. The molecule has 8 heteroatoms. The summed E-state index contributed by atoms with van der Waals surface area (Å²) >= 11 is 0. The SMILES string of the molecule is CC(NC(=O)N1C[C@@H](C(F)(F)F)[C@H](C(=O)O)C1)C(C)C1CCCCC1. The summed E-state index contributed by atoms with van der Waals surface area (Å²) < 4.78 is 39.1. The molecule has 4 atom stereocenters. The van der Waals surface area contributed by atoms with Crippen molar-refractivity contribution in [2.45, 2.75) is 58.2 Å². The van der Waals surface area contributed by atoms with Crippen molar-refractivity contribution in [2.75, 3.05) is 13.1 Å². The molecule has 0 aromatic carbocycles. The van der Waals surface area contributed by atoms with Gasteiger partial charge in [0.15, 0.2) is 0 Å². The molecule has 1 saturated carbocycles. The van der Waals surface area contributed by atoms with Crippen LogP contribution in [0, 0.1) is 23.7 Å². The number of nitrogens with zero attached hydrogens (tertiary/aromatic N) is 1. The van der Waals surface area contributed by atoms with Gasteiger partial charge in [-0.3, -0.25) is 4.79 Å². The lowest BCUT2D eigenvalue weighted by Crippen LogP contribution is -2.47. The number of rotatable bonds is 4. The van der Waals surface area contributed by atoms with Crippen molar-refractivity contribution in [1.82, 2.24) is 10.2 Å². The molecule has 2 fully saturated rings. The molecule has 2 N–H and O–H groups in total. The molecule has 5 nitrogen and oxygen atoms in total. The normalized spacial score (nSPS) is 27.8. The molecular formula is C17H27F3N2O3. The first-order chi connectivity index (χ1) is 11.6. The Morgan fingerprint density at radius 3 is 2.20 bits per heavy atom. The molecule has 1 aliphatic heterocycles. The lowest BCUT2D eigenvalue weighted by atomic mass is 9.78. The fourth-order valence-corrected chi connectivity index (χ4v) is 4.04. The zero-order valence-electron chi connectivity index (χ0n) is 14.7. The molecule has 1 heterocycles. The van der Waals surface area contributed by atoms with E-state index in [0.717, 1.165) is 17.7 Å².